The molecule has 12 rings (SSSR count). The van der Waals surface area contributed by atoms with Gasteiger partial charge >= 0.3 is 0 Å². The van der Waals surface area contributed by atoms with Crippen molar-refractivity contribution in [2.24, 2.45) is 0 Å². The van der Waals surface area contributed by atoms with Gasteiger partial charge in [-0.05, 0) is 84.4 Å². The molecule has 258 valence electrons. The molecule has 0 aliphatic rings. The molecule has 3 nitrogen and oxygen atoms in total. The minimum absolute atomic E-state index is 0.901. The summed E-state index contributed by atoms with van der Waals surface area (Å²) in [6.45, 7) is 0. The van der Waals surface area contributed by atoms with E-state index in [0.717, 1.165) is 66.8 Å². The predicted octanol–water partition coefficient (Wildman–Crippen LogP) is 15.4. The lowest BCUT2D eigenvalue weighted by molar-refractivity contribution is 0.674. The second-order valence-corrected chi connectivity index (χ2v) is 16.3. The topological polar surface area (TPSA) is 21.3 Å². The maximum Gasteiger partial charge on any atom is 0.161 e. The van der Waals surface area contributed by atoms with Gasteiger partial charge in [0.1, 0.15) is 11.1 Å². The second-order valence-electron chi connectivity index (χ2n) is 14.1. The minimum atomic E-state index is 0.901. The number of rotatable bonds is 5. The van der Waals surface area contributed by atoms with Crippen LogP contribution in [-0.2, 0) is 0 Å². The number of nitrogens with zero attached hydrogens (tertiary/aromatic N) is 2. The molecule has 4 heterocycles. The normalized spacial score (nSPS) is 12.0. The molecule has 0 saturated carbocycles. The Hall–Kier alpha value is -6.66. The zero-order chi connectivity index (χ0) is 36.0. The highest BCUT2D eigenvalue weighted by molar-refractivity contribution is 7.26. The molecule has 55 heavy (non-hydrogen) atoms. The van der Waals surface area contributed by atoms with Crippen molar-refractivity contribution in [1.29, 1.82) is 0 Å². The Morgan fingerprint density at radius 3 is 1.62 bits per heavy atom. The van der Waals surface area contributed by atoms with Gasteiger partial charge < -0.3 is 13.9 Å². The highest BCUT2D eigenvalue weighted by Crippen LogP contribution is 2.45. The Morgan fingerprint density at radius 2 is 0.945 bits per heavy atom. The number of hydrogen-bond acceptors (Lipinski definition) is 4. The highest BCUT2D eigenvalue weighted by atomic mass is 32.1. The smallest absolute Gasteiger partial charge is 0.161 e. The highest BCUT2D eigenvalue weighted by Gasteiger charge is 2.22. The van der Waals surface area contributed by atoms with Crippen LogP contribution in [0.2, 0.25) is 0 Å². The Morgan fingerprint density at radius 1 is 0.400 bits per heavy atom. The maximum atomic E-state index is 6.87. The van der Waals surface area contributed by atoms with E-state index in [1.807, 2.05) is 22.7 Å². The van der Waals surface area contributed by atoms with E-state index in [2.05, 4.69) is 191 Å². The number of anilines is 3. The third kappa shape index (κ3) is 4.67. The zero-order valence-electron chi connectivity index (χ0n) is 29.4. The number of thiophene rings is 2. The first-order chi connectivity index (χ1) is 27.3. The maximum absolute atomic E-state index is 6.87. The number of furan rings is 1. The molecule has 12 aromatic rings. The molecule has 0 saturated heterocycles. The van der Waals surface area contributed by atoms with Crippen LogP contribution in [0.25, 0.3) is 90.1 Å². The fraction of sp³-hybridized carbons (Fsp3) is 0. The van der Waals surface area contributed by atoms with Crippen molar-refractivity contribution in [1.82, 2.24) is 4.57 Å². The van der Waals surface area contributed by atoms with Crippen molar-refractivity contribution in [3.8, 4) is 16.8 Å². The molecule has 0 radical (unpaired) electrons. The number of aromatic nitrogens is 1. The van der Waals surface area contributed by atoms with E-state index in [0.29, 0.717) is 0 Å². The van der Waals surface area contributed by atoms with Crippen LogP contribution in [0.1, 0.15) is 0 Å². The van der Waals surface area contributed by atoms with Crippen molar-refractivity contribution in [3.63, 3.8) is 0 Å². The number of para-hydroxylation sites is 3. The van der Waals surface area contributed by atoms with Crippen LogP contribution in [-0.4, -0.2) is 4.57 Å². The number of benzene rings is 8. The summed E-state index contributed by atoms with van der Waals surface area (Å²) >= 11 is 3.71. The summed E-state index contributed by atoms with van der Waals surface area (Å²) < 4.78 is 14.4. The third-order valence-electron chi connectivity index (χ3n) is 11.0. The molecule has 0 atom stereocenters. The van der Waals surface area contributed by atoms with E-state index in [9.17, 15) is 0 Å². The number of fused-ring (bicyclic) bond motifs is 11. The van der Waals surface area contributed by atoms with Gasteiger partial charge in [-0.1, -0.05) is 103 Å². The monoisotopic (exact) mass is 738 g/mol. The van der Waals surface area contributed by atoms with Gasteiger partial charge in [0, 0.05) is 79.4 Å². The molecule has 8 aromatic carbocycles. The standard InChI is InChI=1S/C50H30N2OS2/c1-2-11-32(12-3-1)52-43-18-7-4-15-41(43)50-48(52)42-17-10-16-36(49(42)53-50)31-21-23-33(24-22-31)51(34-25-27-39-37-13-5-8-19-44(37)54-46(39)29-34)35-26-28-40-38-14-6-9-20-45(38)55-47(40)30-35/h1-30H. The molecule has 0 aliphatic heterocycles. The van der Waals surface area contributed by atoms with Crippen LogP contribution in [0, 0.1) is 0 Å². The molecule has 0 N–H and O–H groups in total. The Labute approximate surface area is 324 Å². The molecule has 0 unspecified atom stereocenters. The van der Waals surface area contributed by atoms with Gasteiger partial charge in [0.2, 0.25) is 0 Å². The fourth-order valence-corrected chi connectivity index (χ4v) is 10.8. The minimum Gasteiger partial charge on any atom is -0.453 e. The van der Waals surface area contributed by atoms with E-state index in [1.54, 1.807) is 0 Å². The lowest BCUT2D eigenvalue weighted by Gasteiger charge is -2.26. The molecule has 5 heteroatoms. The summed E-state index contributed by atoms with van der Waals surface area (Å²) in [4.78, 5) is 2.40. The summed E-state index contributed by atoms with van der Waals surface area (Å²) in [5.41, 5.74) is 10.7. The number of hydrogen-bond donors (Lipinski definition) is 0. The molecule has 0 bridgehead atoms. The van der Waals surface area contributed by atoms with E-state index in [-0.39, 0.29) is 0 Å². The third-order valence-corrected chi connectivity index (χ3v) is 13.3. The Bertz CT molecular complexity index is 3330. The van der Waals surface area contributed by atoms with Gasteiger partial charge in [0.25, 0.3) is 0 Å². The molecule has 0 fully saturated rings. The molecule has 4 aromatic heterocycles. The Balaban J connectivity index is 1.02. The van der Waals surface area contributed by atoms with E-state index in [1.165, 1.54) is 40.3 Å². The van der Waals surface area contributed by atoms with Crippen LogP contribution < -0.4 is 4.90 Å². The van der Waals surface area contributed by atoms with Crippen LogP contribution in [0.3, 0.4) is 0 Å². The average molecular weight is 739 g/mol. The summed E-state index contributed by atoms with van der Waals surface area (Å²) in [7, 11) is 0. The quantitative estimate of drug-likeness (QED) is 0.175. The van der Waals surface area contributed by atoms with E-state index < -0.39 is 0 Å². The molecule has 0 spiro atoms. The molecular formula is C50H30N2OS2. The zero-order valence-corrected chi connectivity index (χ0v) is 31.1. The first-order valence-electron chi connectivity index (χ1n) is 18.5. The van der Waals surface area contributed by atoms with E-state index in [4.69, 9.17) is 4.42 Å². The SMILES string of the molecule is c1ccc(-n2c3ccccc3c3oc4c(-c5ccc(N(c6ccc7c(c6)sc6ccccc67)c6ccc7c(c6)sc6ccccc67)cc5)cccc4c32)cc1. The van der Waals surface area contributed by atoms with Gasteiger partial charge in [-0.3, -0.25) is 0 Å². The lowest BCUT2D eigenvalue weighted by atomic mass is 10.0. The van der Waals surface area contributed by atoms with E-state index >= 15 is 0 Å². The van der Waals surface area contributed by atoms with Crippen LogP contribution in [0.4, 0.5) is 17.1 Å². The van der Waals surface area contributed by atoms with Crippen molar-refractivity contribution >= 4 is 113 Å². The average Bonchev–Trinajstić information content (AvgIpc) is 3.99. The lowest BCUT2D eigenvalue weighted by Crippen LogP contribution is -2.09. The van der Waals surface area contributed by atoms with Crippen molar-refractivity contribution in [2.45, 2.75) is 0 Å². The van der Waals surface area contributed by atoms with Gasteiger partial charge in [-0.15, -0.1) is 22.7 Å². The Kier molecular flexibility index (Phi) is 6.67. The van der Waals surface area contributed by atoms with Gasteiger partial charge in [-0.25, -0.2) is 0 Å². The van der Waals surface area contributed by atoms with Crippen LogP contribution in [0.5, 0.6) is 0 Å². The van der Waals surface area contributed by atoms with Gasteiger partial charge in [-0.2, -0.15) is 0 Å². The molecule has 0 aliphatic carbocycles. The van der Waals surface area contributed by atoms with Crippen LogP contribution in [0.15, 0.2) is 186 Å². The first-order valence-corrected chi connectivity index (χ1v) is 20.1. The van der Waals surface area contributed by atoms with Gasteiger partial charge in [0.05, 0.1) is 5.52 Å². The predicted molar refractivity (Wildman–Crippen MR) is 236 cm³/mol. The van der Waals surface area contributed by atoms with Gasteiger partial charge in [0.15, 0.2) is 5.58 Å². The largest absolute Gasteiger partial charge is 0.453 e. The van der Waals surface area contributed by atoms with Crippen LogP contribution >= 0.6 is 22.7 Å². The molecule has 0 amide bonds. The first kappa shape index (κ1) is 30.8. The van der Waals surface area contributed by atoms with Crippen molar-refractivity contribution in [2.75, 3.05) is 4.90 Å². The van der Waals surface area contributed by atoms with Crippen molar-refractivity contribution < 1.29 is 4.42 Å². The summed E-state index contributed by atoms with van der Waals surface area (Å²) in [6.07, 6.45) is 0. The molecular weight excluding hydrogens is 709 g/mol. The summed E-state index contributed by atoms with van der Waals surface area (Å²) in [6, 6.07) is 65.8. The summed E-state index contributed by atoms with van der Waals surface area (Å²) in [5.74, 6) is 0. The second kappa shape index (κ2) is 11.9. The van der Waals surface area contributed by atoms with Crippen molar-refractivity contribution in [3.05, 3.63) is 182 Å². The fourth-order valence-electron chi connectivity index (χ4n) is 8.51. The summed E-state index contributed by atoms with van der Waals surface area (Å²) in [5, 5.41) is 7.43.